The number of hydrogen-bond donors (Lipinski definition) is 1. The second kappa shape index (κ2) is 8.67. The van der Waals surface area contributed by atoms with Gasteiger partial charge >= 0.3 is 0 Å². The lowest BCUT2D eigenvalue weighted by molar-refractivity contribution is -0.114. The predicted octanol–water partition coefficient (Wildman–Crippen LogP) is 6.53. The first-order valence-electron chi connectivity index (χ1n) is 7.59. The molecule has 0 spiro atoms. The highest BCUT2D eigenvalue weighted by Gasteiger charge is 2.20. The fraction of sp³-hybridized carbons (Fsp3) is 0.111. The lowest BCUT2D eigenvalue weighted by atomic mass is 10.1. The molecule has 0 saturated carbocycles. The number of anilines is 1. The maximum Gasteiger partial charge on any atom is 0.257 e. The van der Waals surface area contributed by atoms with Gasteiger partial charge in [-0.3, -0.25) is 4.79 Å². The van der Waals surface area contributed by atoms with Crippen LogP contribution in [-0.4, -0.2) is 22.8 Å². The number of carbonyl (C=O) groups is 1. The highest BCUT2D eigenvalue weighted by Crippen LogP contribution is 2.44. The maximum absolute atomic E-state index is 11.9. The van der Waals surface area contributed by atoms with Crippen LogP contribution in [0, 0.1) is 0 Å². The van der Waals surface area contributed by atoms with Crippen LogP contribution in [0.3, 0.4) is 0 Å². The largest absolute Gasteiger partial charge is 0.496 e. The van der Waals surface area contributed by atoms with Crippen LogP contribution in [0.25, 0.3) is 21.0 Å². The minimum absolute atomic E-state index is 0.504. The Hall–Kier alpha value is -1.50. The Morgan fingerprint density at radius 2 is 1.78 bits per heavy atom. The molecular weight excluding hydrogens is 450 g/mol. The number of carbonyl (C=O) groups excluding carboxylic acids is 1. The summed E-state index contributed by atoms with van der Waals surface area (Å²) in [5.74, 6) is 0.0284. The van der Waals surface area contributed by atoms with Crippen molar-refractivity contribution in [1.29, 1.82) is 0 Å². The molecular formula is C18H12Cl4N2O2S. The monoisotopic (exact) mass is 460 g/mol. The molecule has 0 saturated heterocycles. The fourth-order valence-corrected chi connectivity index (χ4v) is 4.31. The molecule has 1 heterocycles. The lowest BCUT2D eigenvalue weighted by Gasteiger charge is -2.13. The van der Waals surface area contributed by atoms with E-state index in [2.05, 4.69) is 10.3 Å². The van der Waals surface area contributed by atoms with Crippen molar-refractivity contribution in [1.82, 2.24) is 4.98 Å². The average molecular weight is 462 g/mol. The Morgan fingerprint density at radius 3 is 2.41 bits per heavy atom. The minimum Gasteiger partial charge on any atom is -0.496 e. The molecule has 0 fully saturated rings. The van der Waals surface area contributed by atoms with Crippen molar-refractivity contribution in [3.8, 4) is 26.8 Å². The van der Waals surface area contributed by atoms with Gasteiger partial charge in [-0.2, -0.15) is 0 Å². The molecule has 0 atom stereocenters. The molecule has 0 radical (unpaired) electrons. The van der Waals surface area contributed by atoms with Gasteiger partial charge in [0, 0.05) is 11.8 Å². The third-order valence-electron chi connectivity index (χ3n) is 3.63. The van der Waals surface area contributed by atoms with Gasteiger partial charge in [-0.15, -0.1) is 11.3 Å². The van der Waals surface area contributed by atoms with Crippen LogP contribution < -0.4 is 10.1 Å². The van der Waals surface area contributed by atoms with Crippen LogP contribution in [0.4, 0.5) is 5.69 Å². The third kappa shape index (κ3) is 4.33. The van der Waals surface area contributed by atoms with Crippen molar-refractivity contribution in [2.75, 3.05) is 12.4 Å². The first-order valence-corrected chi connectivity index (χ1v) is 10.0. The van der Waals surface area contributed by atoms with Gasteiger partial charge in [-0.05, 0) is 24.3 Å². The van der Waals surface area contributed by atoms with Gasteiger partial charge in [-0.1, -0.05) is 58.5 Å². The van der Waals surface area contributed by atoms with Crippen LogP contribution in [0.15, 0.2) is 42.6 Å². The summed E-state index contributed by atoms with van der Waals surface area (Å²) in [5.41, 5.74) is 1.82. The molecule has 27 heavy (non-hydrogen) atoms. The van der Waals surface area contributed by atoms with Crippen molar-refractivity contribution in [2.45, 2.75) is 4.84 Å². The number of alkyl halides is 2. The number of thiazole rings is 1. The van der Waals surface area contributed by atoms with Crippen molar-refractivity contribution in [3.05, 3.63) is 52.6 Å². The molecule has 0 aliphatic rings. The molecule has 2 aromatic carbocycles. The Balaban J connectivity index is 2.09. The number of nitrogens with zero attached hydrogens (tertiary/aromatic N) is 1. The van der Waals surface area contributed by atoms with E-state index in [1.54, 1.807) is 49.7 Å². The smallest absolute Gasteiger partial charge is 0.257 e. The van der Waals surface area contributed by atoms with E-state index in [4.69, 9.17) is 51.1 Å². The van der Waals surface area contributed by atoms with Crippen LogP contribution in [0.5, 0.6) is 5.75 Å². The van der Waals surface area contributed by atoms with Gasteiger partial charge in [-0.25, -0.2) is 4.98 Å². The van der Waals surface area contributed by atoms with Gasteiger partial charge < -0.3 is 10.1 Å². The standard InChI is InChI=1S/C18H12Cl4N2O2S/c1-26-12-7-3-6-11(24-17(25)16(21)22)15(12)13-8-23-18(27-13)14-9(19)4-2-5-10(14)20/h2-8,16H,1H3,(H,24,25). The Morgan fingerprint density at radius 1 is 1.11 bits per heavy atom. The summed E-state index contributed by atoms with van der Waals surface area (Å²) >= 11 is 25.2. The van der Waals surface area contributed by atoms with E-state index in [9.17, 15) is 4.79 Å². The van der Waals surface area contributed by atoms with E-state index < -0.39 is 10.7 Å². The number of halogens is 4. The number of ether oxygens (including phenoxy) is 1. The summed E-state index contributed by atoms with van der Waals surface area (Å²) in [4.78, 5) is 16.0. The van der Waals surface area contributed by atoms with E-state index in [0.717, 1.165) is 4.88 Å². The van der Waals surface area contributed by atoms with Crippen LogP contribution in [-0.2, 0) is 4.79 Å². The van der Waals surface area contributed by atoms with Gasteiger partial charge in [0.05, 0.1) is 33.3 Å². The summed E-state index contributed by atoms with van der Waals surface area (Å²) in [5, 5.41) is 4.36. The predicted molar refractivity (Wildman–Crippen MR) is 114 cm³/mol. The molecule has 0 aliphatic carbocycles. The molecule has 0 unspecified atom stereocenters. The first kappa shape index (κ1) is 20.2. The fourth-order valence-electron chi connectivity index (χ4n) is 2.45. The minimum atomic E-state index is -1.19. The molecule has 0 aliphatic heterocycles. The number of amides is 1. The SMILES string of the molecule is COc1cccc(NC(=O)C(Cl)Cl)c1-c1cnc(-c2c(Cl)cccc2Cl)s1. The van der Waals surface area contributed by atoms with Crippen LogP contribution in [0.1, 0.15) is 0 Å². The highest BCUT2D eigenvalue weighted by molar-refractivity contribution is 7.18. The van der Waals surface area contributed by atoms with Gasteiger partial charge in [0.1, 0.15) is 10.8 Å². The second-order valence-corrected chi connectivity index (χ2v) is 8.24. The Labute approximate surface area is 180 Å². The van der Waals surface area contributed by atoms with E-state index >= 15 is 0 Å². The molecule has 1 aromatic heterocycles. The topological polar surface area (TPSA) is 51.2 Å². The summed E-state index contributed by atoms with van der Waals surface area (Å²) in [6.45, 7) is 0. The van der Waals surface area contributed by atoms with E-state index in [1.807, 2.05) is 0 Å². The van der Waals surface area contributed by atoms with Crippen molar-refractivity contribution in [3.63, 3.8) is 0 Å². The van der Waals surface area contributed by atoms with Crippen molar-refractivity contribution >= 4 is 69.3 Å². The molecule has 1 amide bonds. The number of hydrogen-bond acceptors (Lipinski definition) is 4. The molecule has 140 valence electrons. The zero-order valence-electron chi connectivity index (χ0n) is 13.8. The molecule has 3 rings (SSSR count). The quantitative estimate of drug-likeness (QED) is 0.439. The second-order valence-electron chi connectivity index (χ2n) is 5.30. The number of benzene rings is 2. The molecule has 0 bridgehead atoms. The van der Waals surface area contributed by atoms with E-state index in [-0.39, 0.29) is 0 Å². The number of rotatable bonds is 5. The lowest BCUT2D eigenvalue weighted by Crippen LogP contribution is -2.19. The van der Waals surface area contributed by atoms with E-state index in [0.29, 0.717) is 37.6 Å². The van der Waals surface area contributed by atoms with Gasteiger partial charge in [0.25, 0.3) is 5.91 Å². The summed E-state index contributed by atoms with van der Waals surface area (Å²) < 4.78 is 5.45. The van der Waals surface area contributed by atoms with Gasteiger partial charge in [0.2, 0.25) is 0 Å². The molecule has 9 heteroatoms. The zero-order chi connectivity index (χ0) is 19.6. The summed E-state index contributed by atoms with van der Waals surface area (Å²) in [6, 6.07) is 10.5. The normalized spacial score (nSPS) is 10.9. The molecule has 3 aromatic rings. The average Bonchev–Trinajstić information content (AvgIpc) is 3.10. The number of methoxy groups -OCH3 is 1. The van der Waals surface area contributed by atoms with E-state index in [1.165, 1.54) is 11.3 Å². The zero-order valence-corrected chi connectivity index (χ0v) is 17.6. The number of nitrogens with one attached hydrogen (secondary N) is 1. The van der Waals surface area contributed by atoms with Crippen molar-refractivity contribution in [2.24, 2.45) is 0 Å². The Kier molecular flexibility index (Phi) is 6.50. The van der Waals surface area contributed by atoms with Crippen molar-refractivity contribution < 1.29 is 9.53 Å². The van der Waals surface area contributed by atoms with Crippen LogP contribution >= 0.6 is 57.7 Å². The molecule has 1 N–H and O–H groups in total. The Bertz CT molecular complexity index is 971. The summed E-state index contributed by atoms with van der Waals surface area (Å²) in [7, 11) is 1.54. The molecule has 4 nitrogen and oxygen atoms in total. The highest BCUT2D eigenvalue weighted by atomic mass is 35.5. The number of aromatic nitrogens is 1. The van der Waals surface area contributed by atoms with Crippen LogP contribution in [0.2, 0.25) is 10.0 Å². The maximum atomic E-state index is 11.9. The van der Waals surface area contributed by atoms with Gasteiger partial charge in [0.15, 0.2) is 4.84 Å². The summed E-state index contributed by atoms with van der Waals surface area (Å²) in [6.07, 6.45) is 1.67. The first-order chi connectivity index (χ1) is 12.9. The third-order valence-corrected chi connectivity index (χ3v) is 5.69.